The number of nitrogens with zero attached hydrogens (tertiary/aromatic N) is 2. The van der Waals surface area contributed by atoms with Crippen molar-refractivity contribution in [3.05, 3.63) is 75.5 Å². The van der Waals surface area contributed by atoms with Crippen molar-refractivity contribution in [1.82, 2.24) is 0 Å². The lowest BCUT2D eigenvalue weighted by molar-refractivity contribution is -0.384. The van der Waals surface area contributed by atoms with Crippen molar-refractivity contribution in [3.8, 4) is 0 Å². The number of benzene rings is 2. The largest absolute Gasteiger partial charge is 0.294 e. The minimum absolute atomic E-state index is 0.0631. The highest BCUT2D eigenvalue weighted by Gasteiger charge is 2.39. The van der Waals surface area contributed by atoms with E-state index in [9.17, 15) is 19.7 Å². The van der Waals surface area contributed by atoms with Gasteiger partial charge < -0.3 is 0 Å². The molecule has 1 amide bonds. The summed E-state index contributed by atoms with van der Waals surface area (Å²) >= 11 is 1.64. The van der Waals surface area contributed by atoms with Crippen LogP contribution in [0.1, 0.15) is 37.2 Å². The van der Waals surface area contributed by atoms with E-state index in [1.807, 2.05) is 30.5 Å². The summed E-state index contributed by atoms with van der Waals surface area (Å²) in [6.07, 6.45) is 3.92. The normalized spacial score (nSPS) is 19.3. The number of carbonyl (C=O) groups excluding carboxylic acids is 2. The van der Waals surface area contributed by atoms with Crippen molar-refractivity contribution >= 4 is 34.8 Å². The van der Waals surface area contributed by atoms with E-state index in [4.69, 9.17) is 0 Å². The standard InChI is InChI=1S/C22H20N2O4S/c1-29-17-10-8-14(9-11-17)18-13-21(26)23(19-6-3-7-20(25)22(18)19)15-4-2-5-16(12-15)24(27)28/h2,4-5,8-12,18H,3,6-7,13H2,1H3. The fourth-order valence-corrected chi connectivity index (χ4v) is 4.57. The third-order valence-electron chi connectivity index (χ3n) is 5.49. The molecular weight excluding hydrogens is 388 g/mol. The zero-order valence-electron chi connectivity index (χ0n) is 16.0. The van der Waals surface area contributed by atoms with Crippen LogP contribution in [0, 0.1) is 10.1 Å². The van der Waals surface area contributed by atoms with E-state index in [2.05, 4.69) is 0 Å². The van der Waals surface area contributed by atoms with Crippen molar-refractivity contribution < 1.29 is 14.5 Å². The minimum atomic E-state index is -0.477. The molecule has 1 aliphatic carbocycles. The second-order valence-corrected chi connectivity index (χ2v) is 8.05. The summed E-state index contributed by atoms with van der Waals surface area (Å²) in [7, 11) is 0. The summed E-state index contributed by atoms with van der Waals surface area (Å²) in [6.45, 7) is 0. The van der Waals surface area contributed by atoms with Gasteiger partial charge in [0, 0.05) is 47.1 Å². The summed E-state index contributed by atoms with van der Waals surface area (Å²) < 4.78 is 0. The third kappa shape index (κ3) is 3.58. The average molecular weight is 408 g/mol. The first-order chi connectivity index (χ1) is 14.0. The van der Waals surface area contributed by atoms with E-state index in [0.29, 0.717) is 36.2 Å². The van der Waals surface area contributed by atoms with Gasteiger partial charge >= 0.3 is 0 Å². The topological polar surface area (TPSA) is 80.5 Å². The van der Waals surface area contributed by atoms with Gasteiger partial charge in [-0.05, 0) is 42.9 Å². The highest BCUT2D eigenvalue weighted by atomic mass is 32.2. The Labute approximate surface area is 172 Å². The van der Waals surface area contributed by atoms with Crippen LogP contribution in [0.5, 0.6) is 0 Å². The number of nitro benzene ring substituents is 1. The molecule has 2 aromatic carbocycles. The van der Waals surface area contributed by atoms with E-state index < -0.39 is 4.92 Å². The number of carbonyl (C=O) groups is 2. The smallest absolute Gasteiger partial charge is 0.271 e. The lowest BCUT2D eigenvalue weighted by atomic mass is 9.77. The Morgan fingerprint density at radius 2 is 1.86 bits per heavy atom. The van der Waals surface area contributed by atoms with Crippen molar-refractivity contribution in [2.75, 3.05) is 11.2 Å². The first kappa shape index (κ1) is 19.4. The van der Waals surface area contributed by atoms with Crippen LogP contribution in [-0.4, -0.2) is 22.9 Å². The Morgan fingerprint density at radius 3 is 2.55 bits per heavy atom. The van der Waals surface area contributed by atoms with E-state index in [0.717, 1.165) is 10.5 Å². The third-order valence-corrected chi connectivity index (χ3v) is 6.24. The molecule has 29 heavy (non-hydrogen) atoms. The van der Waals surface area contributed by atoms with Crippen LogP contribution in [-0.2, 0) is 9.59 Å². The SMILES string of the molecule is CSc1ccc(C2CC(=O)N(c3cccc([N+](=O)[O-])c3)C3=C2C(=O)CCC3)cc1. The number of thioether (sulfide) groups is 1. The molecule has 0 saturated heterocycles. The van der Waals surface area contributed by atoms with Crippen LogP contribution in [0.3, 0.4) is 0 Å². The van der Waals surface area contributed by atoms with Gasteiger partial charge in [-0.15, -0.1) is 11.8 Å². The lowest BCUT2D eigenvalue weighted by Crippen LogP contribution is -2.40. The fraction of sp³-hybridized carbons (Fsp3) is 0.273. The monoisotopic (exact) mass is 408 g/mol. The highest BCUT2D eigenvalue weighted by molar-refractivity contribution is 7.98. The van der Waals surface area contributed by atoms with Crippen LogP contribution in [0.4, 0.5) is 11.4 Å². The Hall–Kier alpha value is -2.93. The van der Waals surface area contributed by atoms with Gasteiger partial charge in [-0.1, -0.05) is 18.2 Å². The first-order valence-electron chi connectivity index (χ1n) is 9.47. The van der Waals surface area contributed by atoms with Crippen LogP contribution in [0.15, 0.2) is 64.7 Å². The van der Waals surface area contributed by atoms with E-state index in [-0.39, 0.29) is 29.7 Å². The highest BCUT2D eigenvalue weighted by Crippen LogP contribution is 2.43. The van der Waals surface area contributed by atoms with Gasteiger partial charge in [0.25, 0.3) is 5.69 Å². The summed E-state index contributed by atoms with van der Waals surface area (Å²) in [4.78, 5) is 39.4. The zero-order valence-corrected chi connectivity index (χ0v) is 16.8. The van der Waals surface area contributed by atoms with Gasteiger partial charge in [0.1, 0.15) is 0 Å². The number of ketones is 1. The van der Waals surface area contributed by atoms with Gasteiger partial charge in [-0.3, -0.25) is 24.6 Å². The number of hydrogen-bond donors (Lipinski definition) is 0. The van der Waals surface area contributed by atoms with Crippen LogP contribution in [0.2, 0.25) is 0 Å². The maximum absolute atomic E-state index is 13.2. The predicted octanol–water partition coefficient (Wildman–Crippen LogP) is 4.84. The molecule has 0 saturated carbocycles. The Morgan fingerprint density at radius 1 is 1.10 bits per heavy atom. The molecule has 1 unspecified atom stereocenters. The molecule has 148 valence electrons. The zero-order chi connectivity index (χ0) is 20.5. The molecule has 1 aliphatic heterocycles. The number of nitro groups is 1. The van der Waals surface area contributed by atoms with Gasteiger partial charge in [0.05, 0.1) is 10.6 Å². The van der Waals surface area contributed by atoms with E-state index in [1.54, 1.807) is 23.9 Å². The predicted molar refractivity (Wildman–Crippen MR) is 112 cm³/mol. The molecule has 1 atom stereocenters. The van der Waals surface area contributed by atoms with Gasteiger partial charge in [0.2, 0.25) is 5.91 Å². The van der Waals surface area contributed by atoms with Crippen LogP contribution < -0.4 is 4.90 Å². The molecule has 0 N–H and O–H groups in total. The number of rotatable bonds is 4. The number of anilines is 1. The number of hydrogen-bond acceptors (Lipinski definition) is 5. The van der Waals surface area contributed by atoms with Gasteiger partial charge in [0.15, 0.2) is 5.78 Å². The molecule has 1 heterocycles. The van der Waals surface area contributed by atoms with Crippen molar-refractivity contribution in [2.45, 2.75) is 36.5 Å². The second kappa shape index (κ2) is 7.83. The summed E-state index contributed by atoms with van der Waals surface area (Å²) in [5, 5.41) is 11.2. The maximum atomic E-state index is 13.2. The molecule has 4 rings (SSSR count). The molecular formula is C22H20N2O4S. The maximum Gasteiger partial charge on any atom is 0.271 e. The Kier molecular flexibility index (Phi) is 5.24. The molecule has 7 heteroatoms. The molecule has 0 spiro atoms. The van der Waals surface area contributed by atoms with Gasteiger partial charge in [-0.25, -0.2) is 0 Å². The summed E-state index contributed by atoms with van der Waals surface area (Å²) in [6, 6.07) is 14.0. The first-order valence-corrected chi connectivity index (χ1v) is 10.7. The lowest BCUT2D eigenvalue weighted by Gasteiger charge is -2.38. The van der Waals surface area contributed by atoms with Crippen molar-refractivity contribution in [1.29, 1.82) is 0 Å². The second-order valence-electron chi connectivity index (χ2n) is 7.17. The molecule has 2 aromatic rings. The van der Waals surface area contributed by atoms with Crippen LogP contribution >= 0.6 is 11.8 Å². The number of Topliss-reactive ketones (excluding diaryl/α,β-unsaturated/α-hetero) is 1. The Balaban J connectivity index is 1.82. The fourth-order valence-electron chi connectivity index (χ4n) is 4.16. The molecule has 6 nitrogen and oxygen atoms in total. The van der Waals surface area contributed by atoms with Crippen molar-refractivity contribution in [2.24, 2.45) is 0 Å². The average Bonchev–Trinajstić information content (AvgIpc) is 2.73. The Bertz CT molecular complexity index is 1030. The summed E-state index contributed by atoms with van der Waals surface area (Å²) in [5.74, 6) is -0.345. The molecule has 0 fully saturated rings. The van der Waals surface area contributed by atoms with E-state index in [1.165, 1.54) is 17.0 Å². The number of amides is 1. The minimum Gasteiger partial charge on any atom is -0.294 e. The summed E-state index contributed by atoms with van der Waals surface area (Å²) in [5.41, 5.74) is 2.70. The molecule has 0 aromatic heterocycles. The molecule has 0 bridgehead atoms. The molecule has 2 aliphatic rings. The number of non-ortho nitro benzene ring substituents is 1. The van der Waals surface area contributed by atoms with E-state index >= 15 is 0 Å². The molecule has 0 radical (unpaired) electrons. The van der Waals surface area contributed by atoms with Gasteiger partial charge in [-0.2, -0.15) is 0 Å². The quantitative estimate of drug-likeness (QED) is 0.411. The van der Waals surface area contributed by atoms with Crippen LogP contribution in [0.25, 0.3) is 0 Å². The van der Waals surface area contributed by atoms with Crippen molar-refractivity contribution in [3.63, 3.8) is 0 Å². The number of allylic oxidation sites excluding steroid dienone is 2.